The number of hydrogen-bond acceptors (Lipinski definition) is 4. The molecule has 0 bridgehead atoms. The third-order valence-electron chi connectivity index (χ3n) is 4.29. The Morgan fingerprint density at radius 3 is 2.81 bits per heavy atom. The second kappa shape index (κ2) is 7.56. The van der Waals surface area contributed by atoms with Crippen LogP contribution in [0.25, 0.3) is 16.7 Å². The number of nitrogens with zero attached hydrogens (tertiary/aromatic N) is 3. The van der Waals surface area contributed by atoms with Gasteiger partial charge in [-0.3, -0.25) is 4.79 Å². The van der Waals surface area contributed by atoms with E-state index in [0.29, 0.717) is 23.8 Å². The molecule has 1 amide bonds. The lowest BCUT2D eigenvalue weighted by atomic mass is 10.1. The number of fused-ring (bicyclic) bond motifs is 1. The van der Waals surface area contributed by atoms with E-state index in [1.54, 1.807) is 11.8 Å². The van der Waals surface area contributed by atoms with E-state index in [-0.39, 0.29) is 5.91 Å². The summed E-state index contributed by atoms with van der Waals surface area (Å²) >= 11 is 0. The van der Waals surface area contributed by atoms with Crippen LogP contribution in [0.15, 0.2) is 30.3 Å². The van der Waals surface area contributed by atoms with Gasteiger partial charge in [0.15, 0.2) is 5.82 Å². The summed E-state index contributed by atoms with van der Waals surface area (Å²) in [5.74, 6) is 1.98. The number of anilines is 1. The zero-order chi connectivity index (χ0) is 18.7. The molecule has 0 saturated heterocycles. The zero-order valence-electron chi connectivity index (χ0n) is 15.7. The molecule has 0 radical (unpaired) electrons. The minimum atomic E-state index is -0.0110. The van der Waals surface area contributed by atoms with Crippen LogP contribution in [-0.2, 0) is 4.79 Å². The van der Waals surface area contributed by atoms with E-state index in [2.05, 4.69) is 17.3 Å². The maximum Gasteiger partial charge on any atom is 0.225 e. The first-order valence-corrected chi connectivity index (χ1v) is 8.84. The summed E-state index contributed by atoms with van der Waals surface area (Å²) in [7, 11) is 1.63. The van der Waals surface area contributed by atoms with Crippen molar-refractivity contribution in [3.63, 3.8) is 0 Å². The molecule has 6 nitrogen and oxygen atoms in total. The summed E-state index contributed by atoms with van der Waals surface area (Å²) in [6.45, 7) is 5.99. The minimum absolute atomic E-state index is 0.0110. The molecule has 2 heterocycles. The number of aromatic nitrogens is 3. The van der Waals surface area contributed by atoms with Crippen molar-refractivity contribution in [3.05, 3.63) is 41.6 Å². The quantitative estimate of drug-likeness (QED) is 0.723. The average molecular weight is 352 g/mol. The van der Waals surface area contributed by atoms with Gasteiger partial charge in [-0.05, 0) is 38.0 Å². The standard InChI is InChI=1S/C20H24N4O2/c1-5-6-10-19(25)21-18-12-14(3)23-24(18)17-11-13(2)15-8-7-9-16(26-4)20(15)22-17/h7-9,11-12H,5-6,10H2,1-4H3,(H,21,25). The fraction of sp³-hybridized carbons (Fsp3) is 0.350. The van der Waals surface area contributed by atoms with E-state index >= 15 is 0 Å². The van der Waals surface area contributed by atoms with Gasteiger partial charge in [0.25, 0.3) is 0 Å². The Kier molecular flexibility index (Phi) is 5.21. The first-order valence-electron chi connectivity index (χ1n) is 8.84. The molecule has 3 rings (SSSR count). The Morgan fingerprint density at radius 2 is 2.08 bits per heavy atom. The normalized spacial score (nSPS) is 10.9. The maximum absolute atomic E-state index is 12.2. The van der Waals surface area contributed by atoms with Crippen LogP contribution in [0.1, 0.15) is 37.4 Å². The van der Waals surface area contributed by atoms with Crippen LogP contribution in [-0.4, -0.2) is 27.8 Å². The summed E-state index contributed by atoms with van der Waals surface area (Å²) in [6.07, 6.45) is 2.35. The average Bonchev–Trinajstić information content (AvgIpc) is 2.99. The van der Waals surface area contributed by atoms with Crippen molar-refractivity contribution >= 4 is 22.6 Å². The van der Waals surface area contributed by atoms with Gasteiger partial charge in [-0.1, -0.05) is 25.5 Å². The van der Waals surface area contributed by atoms with Gasteiger partial charge < -0.3 is 10.1 Å². The molecule has 2 aromatic heterocycles. The number of rotatable bonds is 6. The molecule has 0 saturated carbocycles. The van der Waals surface area contributed by atoms with Crippen molar-refractivity contribution < 1.29 is 9.53 Å². The van der Waals surface area contributed by atoms with Gasteiger partial charge in [0, 0.05) is 17.9 Å². The fourth-order valence-electron chi connectivity index (χ4n) is 2.95. The molecule has 136 valence electrons. The molecular weight excluding hydrogens is 328 g/mol. The topological polar surface area (TPSA) is 69.0 Å². The molecule has 0 aliphatic rings. The smallest absolute Gasteiger partial charge is 0.225 e. The van der Waals surface area contributed by atoms with Crippen molar-refractivity contribution in [2.45, 2.75) is 40.0 Å². The Bertz CT molecular complexity index is 946. The number of unbranched alkanes of at least 4 members (excludes halogenated alkanes) is 1. The summed E-state index contributed by atoms with van der Waals surface area (Å²) in [5.41, 5.74) is 2.66. The van der Waals surface area contributed by atoms with Gasteiger partial charge in [0.05, 0.1) is 12.8 Å². The third kappa shape index (κ3) is 3.54. The van der Waals surface area contributed by atoms with Gasteiger partial charge in [0.1, 0.15) is 17.1 Å². The van der Waals surface area contributed by atoms with Crippen LogP contribution in [0.5, 0.6) is 5.75 Å². The first-order chi connectivity index (χ1) is 12.5. The Hall–Kier alpha value is -2.89. The highest BCUT2D eigenvalue weighted by atomic mass is 16.5. The van der Waals surface area contributed by atoms with Crippen molar-refractivity contribution in [2.24, 2.45) is 0 Å². The molecule has 0 aliphatic heterocycles. The molecule has 6 heteroatoms. The lowest BCUT2D eigenvalue weighted by molar-refractivity contribution is -0.116. The van der Waals surface area contributed by atoms with Crippen LogP contribution < -0.4 is 10.1 Å². The molecule has 0 aliphatic carbocycles. The number of carbonyl (C=O) groups is 1. The van der Waals surface area contributed by atoms with E-state index in [0.717, 1.165) is 35.0 Å². The Labute approximate surface area is 153 Å². The van der Waals surface area contributed by atoms with Crippen LogP contribution in [0, 0.1) is 13.8 Å². The highest BCUT2D eigenvalue weighted by Gasteiger charge is 2.14. The molecule has 1 N–H and O–H groups in total. The number of hydrogen-bond donors (Lipinski definition) is 1. The molecule has 3 aromatic rings. The third-order valence-corrected chi connectivity index (χ3v) is 4.29. The van der Waals surface area contributed by atoms with Crippen molar-refractivity contribution in [1.29, 1.82) is 0 Å². The molecule has 0 atom stereocenters. The molecule has 0 spiro atoms. The largest absolute Gasteiger partial charge is 0.494 e. The number of para-hydroxylation sites is 1. The zero-order valence-corrected chi connectivity index (χ0v) is 15.7. The number of ether oxygens (including phenoxy) is 1. The van der Waals surface area contributed by atoms with Gasteiger partial charge in [0.2, 0.25) is 5.91 Å². The monoisotopic (exact) mass is 352 g/mol. The van der Waals surface area contributed by atoms with Gasteiger partial charge in [-0.2, -0.15) is 9.78 Å². The molecule has 26 heavy (non-hydrogen) atoms. The molecule has 0 fully saturated rings. The number of methoxy groups -OCH3 is 1. The van der Waals surface area contributed by atoms with Crippen molar-refractivity contribution in [2.75, 3.05) is 12.4 Å². The van der Waals surface area contributed by atoms with Gasteiger partial charge >= 0.3 is 0 Å². The van der Waals surface area contributed by atoms with E-state index in [1.165, 1.54) is 0 Å². The summed E-state index contributed by atoms with van der Waals surface area (Å²) in [5, 5.41) is 8.50. The molecular formula is C20H24N4O2. The number of nitrogens with one attached hydrogen (secondary N) is 1. The molecule has 1 aromatic carbocycles. The van der Waals surface area contributed by atoms with Crippen molar-refractivity contribution in [3.8, 4) is 11.6 Å². The molecule has 0 unspecified atom stereocenters. The number of pyridine rings is 1. The predicted octanol–water partition coefficient (Wildman–Crippen LogP) is 4.17. The van der Waals surface area contributed by atoms with E-state index < -0.39 is 0 Å². The van der Waals surface area contributed by atoms with E-state index in [1.807, 2.05) is 44.2 Å². The Balaban J connectivity index is 2.05. The number of aryl methyl sites for hydroxylation is 2. The van der Waals surface area contributed by atoms with Crippen LogP contribution >= 0.6 is 0 Å². The Morgan fingerprint density at radius 1 is 1.27 bits per heavy atom. The van der Waals surface area contributed by atoms with Crippen LogP contribution in [0.2, 0.25) is 0 Å². The highest BCUT2D eigenvalue weighted by molar-refractivity contribution is 5.91. The van der Waals surface area contributed by atoms with E-state index in [9.17, 15) is 4.79 Å². The van der Waals surface area contributed by atoms with Crippen LogP contribution in [0.3, 0.4) is 0 Å². The maximum atomic E-state index is 12.2. The lowest BCUT2D eigenvalue weighted by Gasteiger charge is -2.12. The second-order valence-electron chi connectivity index (χ2n) is 6.39. The lowest BCUT2D eigenvalue weighted by Crippen LogP contribution is -2.15. The summed E-state index contributed by atoms with van der Waals surface area (Å²) in [4.78, 5) is 16.9. The number of amides is 1. The second-order valence-corrected chi connectivity index (χ2v) is 6.39. The highest BCUT2D eigenvalue weighted by Crippen LogP contribution is 2.28. The number of carbonyl (C=O) groups excluding carboxylic acids is 1. The van der Waals surface area contributed by atoms with Gasteiger partial charge in [-0.15, -0.1) is 0 Å². The van der Waals surface area contributed by atoms with E-state index in [4.69, 9.17) is 9.72 Å². The first kappa shape index (κ1) is 17.9. The minimum Gasteiger partial charge on any atom is -0.494 e. The SMILES string of the molecule is CCCCC(=O)Nc1cc(C)nn1-c1cc(C)c2cccc(OC)c2n1. The predicted molar refractivity (Wildman–Crippen MR) is 103 cm³/mol. The van der Waals surface area contributed by atoms with Crippen LogP contribution in [0.4, 0.5) is 5.82 Å². The summed E-state index contributed by atoms with van der Waals surface area (Å²) in [6, 6.07) is 9.68. The fourth-order valence-corrected chi connectivity index (χ4v) is 2.95. The van der Waals surface area contributed by atoms with Crippen molar-refractivity contribution in [1.82, 2.24) is 14.8 Å². The number of benzene rings is 1. The van der Waals surface area contributed by atoms with Gasteiger partial charge in [-0.25, -0.2) is 4.98 Å². The summed E-state index contributed by atoms with van der Waals surface area (Å²) < 4.78 is 7.13.